The van der Waals surface area contributed by atoms with Crippen LogP contribution in [0.15, 0.2) is 45.8 Å². The van der Waals surface area contributed by atoms with Crippen LogP contribution in [0.5, 0.6) is 0 Å². The lowest BCUT2D eigenvalue weighted by Gasteiger charge is -2.11. The van der Waals surface area contributed by atoms with E-state index in [0.717, 1.165) is 10.0 Å². The van der Waals surface area contributed by atoms with Crippen LogP contribution in [0.1, 0.15) is 16.7 Å². The second kappa shape index (κ2) is 5.88. The number of aryl methyl sites for hydroxylation is 2. The molecule has 0 heterocycles. The molecule has 0 amide bonds. The van der Waals surface area contributed by atoms with Gasteiger partial charge >= 0.3 is 0 Å². The van der Waals surface area contributed by atoms with Gasteiger partial charge in [0.2, 0.25) is 0 Å². The smallest absolute Gasteiger partial charge is 0.0621 e. The van der Waals surface area contributed by atoms with Gasteiger partial charge in [-0.2, -0.15) is 0 Å². The zero-order valence-corrected chi connectivity index (χ0v) is 13.3. The Morgan fingerprint density at radius 2 is 1.79 bits per heavy atom. The summed E-state index contributed by atoms with van der Waals surface area (Å²) in [5, 5.41) is 0. The molecule has 1 unspecified atom stereocenters. The first kappa shape index (κ1) is 14.3. The highest BCUT2D eigenvalue weighted by atomic mass is 79.9. The fourth-order valence-electron chi connectivity index (χ4n) is 2.01. The molecule has 2 N–H and O–H groups in total. The average Bonchev–Trinajstić information content (AvgIpc) is 2.33. The predicted molar refractivity (Wildman–Crippen MR) is 84.6 cm³/mol. The fourth-order valence-corrected chi connectivity index (χ4v) is 3.81. The zero-order valence-electron chi connectivity index (χ0n) is 10.9. The van der Waals surface area contributed by atoms with E-state index in [0.29, 0.717) is 16.3 Å². The second-order valence-electron chi connectivity index (χ2n) is 4.54. The van der Waals surface area contributed by atoms with Crippen molar-refractivity contribution in [1.82, 2.24) is 0 Å². The average molecular weight is 338 g/mol. The summed E-state index contributed by atoms with van der Waals surface area (Å²) < 4.78 is 13.4. The van der Waals surface area contributed by atoms with Gasteiger partial charge in [-0.25, -0.2) is 0 Å². The Hall–Kier alpha value is -1.13. The molecule has 1 atom stereocenters. The van der Waals surface area contributed by atoms with Crippen LogP contribution in [0, 0.1) is 13.8 Å². The van der Waals surface area contributed by atoms with Crippen molar-refractivity contribution < 1.29 is 4.21 Å². The lowest BCUT2D eigenvalue weighted by molar-refractivity contribution is 0.682. The highest BCUT2D eigenvalue weighted by Gasteiger charge is 2.12. The second-order valence-corrected chi connectivity index (χ2v) is 6.88. The number of nitrogens with two attached hydrogens (primary N) is 1. The van der Waals surface area contributed by atoms with E-state index in [1.807, 2.05) is 44.2 Å². The SMILES string of the molecule is Cc1cccc(C)c1CS(=O)c1ccc(Br)cc1N. The van der Waals surface area contributed by atoms with E-state index in [9.17, 15) is 4.21 Å². The topological polar surface area (TPSA) is 43.1 Å². The van der Waals surface area contributed by atoms with Gasteiger partial charge in [-0.05, 0) is 48.7 Å². The lowest BCUT2D eigenvalue weighted by atomic mass is 10.1. The van der Waals surface area contributed by atoms with E-state index in [2.05, 4.69) is 15.9 Å². The van der Waals surface area contributed by atoms with E-state index >= 15 is 0 Å². The van der Waals surface area contributed by atoms with Gasteiger partial charge in [0.1, 0.15) is 0 Å². The maximum Gasteiger partial charge on any atom is 0.0621 e. The first-order valence-electron chi connectivity index (χ1n) is 5.97. The molecule has 2 nitrogen and oxygen atoms in total. The van der Waals surface area contributed by atoms with Crippen LogP contribution in [-0.2, 0) is 16.6 Å². The molecular weight excluding hydrogens is 322 g/mol. The summed E-state index contributed by atoms with van der Waals surface area (Å²) >= 11 is 3.36. The Morgan fingerprint density at radius 3 is 2.37 bits per heavy atom. The molecule has 0 saturated heterocycles. The number of hydrogen-bond donors (Lipinski definition) is 1. The molecule has 19 heavy (non-hydrogen) atoms. The van der Waals surface area contributed by atoms with E-state index in [1.54, 1.807) is 6.07 Å². The molecular formula is C15H16BrNOS. The standard InChI is InChI=1S/C15H16BrNOS/c1-10-4-3-5-11(2)13(10)9-19(18)15-7-6-12(16)8-14(15)17/h3-8H,9,17H2,1-2H3. The summed E-state index contributed by atoms with van der Waals surface area (Å²) in [4.78, 5) is 0.700. The molecule has 0 radical (unpaired) electrons. The predicted octanol–water partition coefficient (Wildman–Crippen LogP) is 3.96. The summed E-state index contributed by atoms with van der Waals surface area (Å²) in [5.74, 6) is 0.504. The number of rotatable bonds is 3. The first-order chi connectivity index (χ1) is 8.99. The van der Waals surface area contributed by atoms with Crippen molar-refractivity contribution in [1.29, 1.82) is 0 Å². The molecule has 0 aliphatic rings. The van der Waals surface area contributed by atoms with Crippen LogP contribution in [0.4, 0.5) is 5.69 Å². The van der Waals surface area contributed by atoms with Crippen molar-refractivity contribution >= 4 is 32.4 Å². The molecule has 4 heteroatoms. The van der Waals surface area contributed by atoms with E-state index in [1.165, 1.54) is 11.1 Å². The third-order valence-electron chi connectivity index (χ3n) is 3.14. The van der Waals surface area contributed by atoms with Gasteiger partial charge in [0.05, 0.1) is 21.4 Å². The minimum absolute atomic E-state index is 0.504. The molecule has 0 bridgehead atoms. The number of halogens is 1. The summed E-state index contributed by atoms with van der Waals surface area (Å²) in [6, 6.07) is 11.6. The highest BCUT2D eigenvalue weighted by Crippen LogP contribution is 2.25. The largest absolute Gasteiger partial charge is 0.398 e. The van der Waals surface area contributed by atoms with E-state index < -0.39 is 10.8 Å². The third kappa shape index (κ3) is 3.25. The van der Waals surface area contributed by atoms with Gasteiger partial charge in [0.15, 0.2) is 0 Å². The van der Waals surface area contributed by atoms with E-state index in [-0.39, 0.29) is 0 Å². The van der Waals surface area contributed by atoms with Crippen molar-refractivity contribution in [2.45, 2.75) is 24.5 Å². The Balaban J connectivity index is 2.31. The van der Waals surface area contributed by atoms with Crippen LogP contribution >= 0.6 is 15.9 Å². The van der Waals surface area contributed by atoms with Crippen molar-refractivity contribution in [3.8, 4) is 0 Å². The number of hydrogen-bond acceptors (Lipinski definition) is 2. The van der Waals surface area contributed by atoms with Gasteiger partial charge in [0.25, 0.3) is 0 Å². The molecule has 0 spiro atoms. The molecule has 2 rings (SSSR count). The van der Waals surface area contributed by atoms with Crippen molar-refractivity contribution in [2.24, 2.45) is 0 Å². The van der Waals surface area contributed by atoms with Gasteiger partial charge in [0, 0.05) is 10.2 Å². The van der Waals surface area contributed by atoms with Gasteiger partial charge in [-0.15, -0.1) is 0 Å². The molecule has 0 saturated carbocycles. The Bertz CT molecular complexity index is 620. The maximum atomic E-state index is 12.5. The first-order valence-corrected chi connectivity index (χ1v) is 8.08. The minimum Gasteiger partial charge on any atom is -0.398 e. The Labute approximate surface area is 124 Å². The van der Waals surface area contributed by atoms with Crippen LogP contribution < -0.4 is 5.73 Å². The monoisotopic (exact) mass is 337 g/mol. The summed E-state index contributed by atoms with van der Waals surface area (Å²) in [5.41, 5.74) is 9.98. The Kier molecular flexibility index (Phi) is 4.42. The van der Waals surface area contributed by atoms with Crippen LogP contribution in [0.2, 0.25) is 0 Å². The number of anilines is 1. The van der Waals surface area contributed by atoms with Crippen LogP contribution in [0.3, 0.4) is 0 Å². The molecule has 2 aromatic carbocycles. The lowest BCUT2D eigenvalue weighted by Crippen LogP contribution is -2.03. The summed E-state index contributed by atoms with van der Waals surface area (Å²) in [7, 11) is -1.12. The van der Waals surface area contributed by atoms with Crippen LogP contribution in [-0.4, -0.2) is 4.21 Å². The van der Waals surface area contributed by atoms with Gasteiger partial charge in [-0.1, -0.05) is 34.1 Å². The van der Waals surface area contributed by atoms with Crippen molar-refractivity contribution in [3.63, 3.8) is 0 Å². The third-order valence-corrected chi connectivity index (χ3v) is 5.04. The molecule has 2 aromatic rings. The molecule has 100 valence electrons. The minimum atomic E-state index is -1.12. The van der Waals surface area contributed by atoms with Crippen LogP contribution in [0.25, 0.3) is 0 Å². The van der Waals surface area contributed by atoms with Crippen molar-refractivity contribution in [2.75, 3.05) is 5.73 Å². The molecule has 0 aromatic heterocycles. The quantitative estimate of drug-likeness (QED) is 0.861. The normalized spacial score (nSPS) is 12.4. The highest BCUT2D eigenvalue weighted by molar-refractivity contribution is 9.10. The maximum absolute atomic E-state index is 12.5. The zero-order chi connectivity index (χ0) is 14.0. The molecule has 0 aliphatic carbocycles. The number of benzene rings is 2. The molecule has 0 fully saturated rings. The Morgan fingerprint density at radius 1 is 1.16 bits per heavy atom. The van der Waals surface area contributed by atoms with E-state index in [4.69, 9.17) is 5.73 Å². The molecule has 0 aliphatic heterocycles. The van der Waals surface area contributed by atoms with Gasteiger partial charge < -0.3 is 5.73 Å². The summed E-state index contributed by atoms with van der Waals surface area (Å²) in [6.07, 6.45) is 0. The number of nitrogen functional groups attached to an aromatic ring is 1. The summed E-state index contributed by atoms with van der Waals surface area (Å²) in [6.45, 7) is 4.09. The van der Waals surface area contributed by atoms with Gasteiger partial charge in [-0.3, -0.25) is 4.21 Å². The van der Waals surface area contributed by atoms with Crippen molar-refractivity contribution in [3.05, 3.63) is 57.6 Å². The fraction of sp³-hybridized carbons (Fsp3) is 0.200.